The van der Waals surface area contributed by atoms with Gasteiger partial charge >= 0.3 is 0 Å². The van der Waals surface area contributed by atoms with E-state index in [0.717, 1.165) is 19.3 Å². The molecule has 1 aliphatic rings. The van der Waals surface area contributed by atoms with Gasteiger partial charge in [0.2, 0.25) is 0 Å². The first kappa shape index (κ1) is 8.61. The Kier molecular flexibility index (Phi) is 2.95. The van der Waals surface area contributed by atoms with E-state index >= 15 is 0 Å². The van der Waals surface area contributed by atoms with Crippen LogP contribution in [0.5, 0.6) is 0 Å². The molecule has 1 aliphatic carbocycles. The van der Waals surface area contributed by atoms with Crippen molar-refractivity contribution in [2.45, 2.75) is 31.4 Å². The maximum absolute atomic E-state index is 10.7. The summed E-state index contributed by atoms with van der Waals surface area (Å²) in [4.78, 5) is 10.7. The minimum Gasteiger partial charge on any atom is -0.288 e. The molecule has 1 saturated carbocycles. The maximum Gasteiger partial charge on any atom is 0.186 e. The van der Waals surface area contributed by atoms with Crippen molar-refractivity contribution in [2.24, 2.45) is 5.92 Å². The van der Waals surface area contributed by atoms with E-state index in [1.807, 2.05) is 0 Å². The summed E-state index contributed by atoms with van der Waals surface area (Å²) in [6.07, 6.45) is 2.91. The predicted molar refractivity (Wildman–Crippen MR) is 45.0 cm³/mol. The summed E-state index contributed by atoms with van der Waals surface area (Å²) in [7, 11) is 0. The molecule has 0 radical (unpaired) electrons. The van der Waals surface area contributed by atoms with Crippen molar-refractivity contribution >= 4 is 16.9 Å². The summed E-state index contributed by atoms with van der Waals surface area (Å²) < 4.78 is 0. The molecule has 0 spiro atoms. The second-order valence-electron chi connectivity index (χ2n) is 2.87. The second-order valence-corrected chi connectivity index (χ2v) is 4.35. The molecule has 0 saturated heterocycles. The van der Waals surface area contributed by atoms with Crippen LogP contribution < -0.4 is 0 Å². The van der Waals surface area contributed by atoms with Gasteiger partial charge in [-0.05, 0) is 19.3 Å². The first-order chi connectivity index (χ1) is 5.22. The average molecular weight is 169 g/mol. The van der Waals surface area contributed by atoms with Crippen molar-refractivity contribution in [2.75, 3.05) is 0 Å². The quantitative estimate of drug-likeness (QED) is 0.602. The first-order valence-corrected chi connectivity index (χ1v) is 4.67. The Bertz CT molecular complexity index is 197. The van der Waals surface area contributed by atoms with Gasteiger partial charge in [0.1, 0.15) is 0 Å². The van der Waals surface area contributed by atoms with Gasteiger partial charge in [-0.3, -0.25) is 4.79 Å². The van der Waals surface area contributed by atoms with Crippen LogP contribution in [0, 0.1) is 17.2 Å². The summed E-state index contributed by atoms with van der Waals surface area (Å²) in [5.74, 6) is 0.201. The van der Waals surface area contributed by atoms with E-state index in [4.69, 9.17) is 5.26 Å². The Morgan fingerprint density at radius 1 is 1.64 bits per heavy atom. The Morgan fingerprint density at radius 2 is 2.36 bits per heavy atom. The summed E-state index contributed by atoms with van der Waals surface area (Å²) in [5, 5.41) is 9.16. The third-order valence-corrected chi connectivity index (χ3v) is 2.99. The predicted octanol–water partition coefficient (Wildman–Crippen LogP) is 1.96. The summed E-state index contributed by atoms with van der Waals surface area (Å²) in [6.45, 7) is 1.59. The fourth-order valence-electron chi connectivity index (χ4n) is 1.40. The van der Waals surface area contributed by atoms with Crippen molar-refractivity contribution in [3.63, 3.8) is 0 Å². The Balaban J connectivity index is 2.31. The van der Waals surface area contributed by atoms with E-state index in [2.05, 4.69) is 6.07 Å². The lowest BCUT2D eigenvalue weighted by atomic mass is 10.1. The summed E-state index contributed by atoms with van der Waals surface area (Å²) >= 11 is 1.39. The van der Waals surface area contributed by atoms with Gasteiger partial charge in [0.25, 0.3) is 0 Å². The van der Waals surface area contributed by atoms with Gasteiger partial charge in [-0.2, -0.15) is 5.26 Å². The van der Waals surface area contributed by atoms with Gasteiger partial charge in [-0.25, -0.2) is 0 Å². The molecule has 0 heterocycles. The lowest BCUT2D eigenvalue weighted by Gasteiger charge is -2.03. The largest absolute Gasteiger partial charge is 0.288 e. The maximum atomic E-state index is 10.7. The number of hydrogen-bond acceptors (Lipinski definition) is 3. The molecular weight excluding hydrogens is 158 g/mol. The Labute approximate surface area is 71.0 Å². The molecule has 0 aromatic heterocycles. The van der Waals surface area contributed by atoms with E-state index < -0.39 is 0 Å². The smallest absolute Gasteiger partial charge is 0.186 e. The average Bonchev–Trinajstić information content (AvgIpc) is 2.34. The van der Waals surface area contributed by atoms with E-state index in [0.29, 0.717) is 5.25 Å². The highest BCUT2D eigenvalue weighted by Crippen LogP contribution is 2.33. The van der Waals surface area contributed by atoms with E-state index in [1.165, 1.54) is 11.8 Å². The molecule has 1 fully saturated rings. The van der Waals surface area contributed by atoms with Crippen molar-refractivity contribution < 1.29 is 4.79 Å². The zero-order valence-corrected chi connectivity index (χ0v) is 7.36. The molecule has 2 nitrogen and oxygen atoms in total. The van der Waals surface area contributed by atoms with Crippen LogP contribution in [-0.4, -0.2) is 10.4 Å². The molecule has 0 amide bonds. The number of nitriles is 1. The number of thioether (sulfide) groups is 1. The van der Waals surface area contributed by atoms with Gasteiger partial charge in [-0.1, -0.05) is 11.8 Å². The van der Waals surface area contributed by atoms with Crippen LogP contribution in [-0.2, 0) is 4.79 Å². The van der Waals surface area contributed by atoms with Crippen molar-refractivity contribution in [3.05, 3.63) is 0 Å². The fourth-order valence-corrected chi connectivity index (χ4v) is 2.45. The minimum absolute atomic E-state index is 0.175. The fraction of sp³-hybridized carbons (Fsp3) is 0.750. The highest BCUT2D eigenvalue weighted by molar-refractivity contribution is 8.14. The molecule has 3 heteroatoms. The van der Waals surface area contributed by atoms with Gasteiger partial charge in [0.15, 0.2) is 5.12 Å². The Hall–Kier alpha value is -0.490. The molecule has 60 valence electrons. The first-order valence-electron chi connectivity index (χ1n) is 3.79. The molecule has 0 bridgehead atoms. The molecule has 0 unspecified atom stereocenters. The lowest BCUT2D eigenvalue weighted by Crippen LogP contribution is -1.99. The molecule has 0 aromatic carbocycles. The van der Waals surface area contributed by atoms with Crippen molar-refractivity contribution in [1.82, 2.24) is 0 Å². The van der Waals surface area contributed by atoms with Gasteiger partial charge in [0, 0.05) is 18.1 Å². The van der Waals surface area contributed by atoms with Crippen LogP contribution in [0.15, 0.2) is 0 Å². The third kappa shape index (κ3) is 2.55. The molecular formula is C8H11NOS. The van der Waals surface area contributed by atoms with Crippen LogP contribution in [0.2, 0.25) is 0 Å². The van der Waals surface area contributed by atoms with Gasteiger partial charge in [-0.15, -0.1) is 0 Å². The Morgan fingerprint density at radius 3 is 2.82 bits per heavy atom. The molecule has 11 heavy (non-hydrogen) atoms. The zero-order valence-electron chi connectivity index (χ0n) is 6.54. The number of hydrogen-bond donors (Lipinski definition) is 0. The second kappa shape index (κ2) is 3.77. The third-order valence-electron chi connectivity index (χ3n) is 1.90. The number of nitrogens with zero attached hydrogens (tertiary/aromatic N) is 1. The van der Waals surface area contributed by atoms with E-state index in [-0.39, 0.29) is 11.0 Å². The number of rotatable bonds is 1. The van der Waals surface area contributed by atoms with Crippen LogP contribution in [0.3, 0.4) is 0 Å². The van der Waals surface area contributed by atoms with Crippen LogP contribution in [0.1, 0.15) is 26.2 Å². The summed E-state index contributed by atoms with van der Waals surface area (Å²) in [5.41, 5.74) is 0. The summed E-state index contributed by atoms with van der Waals surface area (Å²) in [6, 6.07) is 2.24. The lowest BCUT2D eigenvalue weighted by molar-refractivity contribution is -0.109. The zero-order chi connectivity index (χ0) is 8.27. The van der Waals surface area contributed by atoms with E-state index in [9.17, 15) is 4.79 Å². The molecule has 0 aliphatic heterocycles. The normalized spacial score (nSPS) is 29.8. The number of carbonyl (C=O) groups excluding carboxylic acids is 1. The molecule has 1 rings (SSSR count). The topological polar surface area (TPSA) is 40.9 Å². The minimum atomic E-state index is 0.175. The van der Waals surface area contributed by atoms with Crippen LogP contribution in [0.4, 0.5) is 0 Å². The van der Waals surface area contributed by atoms with Gasteiger partial charge in [0.05, 0.1) is 6.07 Å². The highest BCUT2D eigenvalue weighted by Gasteiger charge is 2.25. The SMILES string of the molecule is CC(=O)S[C@H]1CC[C@H](C#N)C1. The van der Waals surface area contributed by atoms with Crippen molar-refractivity contribution in [3.8, 4) is 6.07 Å². The molecule has 2 atom stereocenters. The highest BCUT2D eigenvalue weighted by atomic mass is 32.2. The van der Waals surface area contributed by atoms with Crippen LogP contribution >= 0.6 is 11.8 Å². The standard InChI is InChI=1S/C8H11NOS/c1-6(10)11-8-3-2-7(4-8)5-9/h7-8H,2-4H2,1H3/t7-,8-/m0/s1. The van der Waals surface area contributed by atoms with E-state index in [1.54, 1.807) is 6.92 Å². The van der Waals surface area contributed by atoms with Crippen molar-refractivity contribution in [1.29, 1.82) is 5.26 Å². The molecule has 0 N–H and O–H groups in total. The molecule has 0 aromatic rings. The monoisotopic (exact) mass is 169 g/mol. The van der Waals surface area contributed by atoms with Crippen LogP contribution in [0.25, 0.3) is 0 Å². The number of carbonyl (C=O) groups is 1. The van der Waals surface area contributed by atoms with Gasteiger partial charge < -0.3 is 0 Å².